The van der Waals surface area contributed by atoms with E-state index in [0.717, 1.165) is 11.3 Å². The fraction of sp³-hybridized carbons (Fsp3) is 0.320. The Kier molecular flexibility index (Phi) is 4.46. The Morgan fingerprint density at radius 2 is 1.87 bits per heavy atom. The summed E-state index contributed by atoms with van der Waals surface area (Å²) >= 11 is 1.82. The first kappa shape index (κ1) is 18.3. The molecule has 0 aliphatic carbocycles. The second-order valence-electron chi connectivity index (χ2n) is 8.47. The van der Waals surface area contributed by atoms with Gasteiger partial charge in [0, 0.05) is 41.0 Å². The molecule has 0 radical (unpaired) electrons. The number of nitrogens with zero attached hydrogens (tertiary/aromatic N) is 2. The molecule has 2 aromatic carbocycles. The van der Waals surface area contributed by atoms with Gasteiger partial charge in [-0.25, -0.2) is 0 Å². The molecule has 3 aliphatic rings. The van der Waals surface area contributed by atoms with E-state index in [1.165, 1.54) is 52.4 Å². The third-order valence-corrected chi connectivity index (χ3v) is 7.84. The van der Waals surface area contributed by atoms with Crippen molar-refractivity contribution in [2.75, 3.05) is 12.0 Å². The van der Waals surface area contributed by atoms with Crippen molar-refractivity contribution < 1.29 is 4.74 Å². The van der Waals surface area contributed by atoms with Crippen LogP contribution in [0, 0.1) is 0 Å². The maximum Gasteiger partial charge on any atom is 0.134 e. The summed E-state index contributed by atoms with van der Waals surface area (Å²) < 4.78 is 5.76. The van der Waals surface area contributed by atoms with E-state index in [9.17, 15) is 0 Å². The maximum absolute atomic E-state index is 5.76. The lowest BCUT2D eigenvalue weighted by Crippen LogP contribution is -2.47. The van der Waals surface area contributed by atoms with Crippen LogP contribution in [0.1, 0.15) is 25.7 Å². The number of piperidine rings is 1. The lowest BCUT2D eigenvalue weighted by Gasteiger charge is -2.43. The molecule has 0 amide bonds. The molecule has 4 nitrogen and oxygen atoms in total. The molecular formula is C25H25N3OS. The van der Waals surface area contributed by atoms with Crippen molar-refractivity contribution in [3.8, 4) is 16.9 Å². The third kappa shape index (κ3) is 2.99. The van der Waals surface area contributed by atoms with Crippen molar-refractivity contribution in [1.82, 2.24) is 10.3 Å². The molecule has 2 bridgehead atoms. The molecule has 4 heterocycles. The van der Waals surface area contributed by atoms with Crippen LogP contribution in [-0.2, 0) is 0 Å². The SMILES string of the molecule is COc1cccc2c1Sc1cc(-c3cccnc3)ccc1N2C1CC2CCC(C1)N2. The number of benzene rings is 2. The highest BCUT2D eigenvalue weighted by atomic mass is 32.2. The molecule has 0 saturated carbocycles. The number of nitrogens with one attached hydrogen (secondary N) is 1. The van der Waals surface area contributed by atoms with Crippen molar-refractivity contribution in [3.05, 3.63) is 60.9 Å². The van der Waals surface area contributed by atoms with E-state index in [1.54, 1.807) is 7.11 Å². The minimum Gasteiger partial charge on any atom is -0.495 e. The van der Waals surface area contributed by atoms with Gasteiger partial charge in [0.15, 0.2) is 0 Å². The zero-order valence-corrected chi connectivity index (χ0v) is 17.9. The maximum atomic E-state index is 5.76. The summed E-state index contributed by atoms with van der Waals surface area (Å²) in [5.74, 6) is 0.955. The monoisotopic (exact) mass is 415 g/mol. The highest BCUT2D eigenvalue weighted by molar-refractivity contribution is 7.99. The Hall–Kier alpha value is -2.50. The number of hydrogen-bond acceptors (Lipinski definition) is 5. The lowest BCUT2D eigenvalue weighted by molar-refractivity contribution is 0.358. The smallest absolute Gasteiger partial charge is 0.134 e. The molecule has 30 heavy (non-hydrogen) atoms. The standard InChI is InChI=1S/C25H25N3OS/c1-29-23-6-2-5-22-25(23)30-24-12-16(17-4-3-11-26-15-17)7-10-21(24)28(22)20-13-18-8-9-19(14-20)27-18/h2-7,10-12,15,18-20,27H,8-9,13-14H2,1H3. The van der Waals surface area contributed by atoms with E-state index >= 15 is 0 Å². The van der Waals surface area contributed by atoms with E-state index < -0.39 is 0 Å². The summed E-state index contributed by atoms with van der Waals surface area (Å²) in [5, 5.41) is 3.80. The molecule has 2 atom stereocenters. The Morgan fingerprint density at radius 3 is 2.63 bits per heavy atom. The number of methoxy groups -OCH3 is 1. The van der Waals surface area contributed by atoms with Gasteiger partial charge in [0.1, 0.15) is 5.75 Å². The van der Waals surface area contributed by atoms with Crippen LogP contribution in [0.5, 0.6) is 5.75 Å². The van der Waals surface area contributed by atoms with Crippen LogP contribution in [0.2, 0.25) is 0 Å². The topological polar surface area (TPSA) is 37.4 Å². The van der Waals surface area contributed by atoms with Crippen molar-refractivity contribution in [3.63, 3.8) is 0 Å². The predicted octanol–water partition coefficient (Wildman–Crippen LogP) is 5.64. The molecule has 152 valence electrons. The number of aromatic nitrogens is 1. The fourth-order valence-corrected chi connectivity index (χ4v) is 6.54. The van der Waals surface area contributed by atoms with Gasteiger partial charge in [-0.2, -0.15) is 0 Å². The van der Waals surface area contributed by atoms with E-state index in [4.69, 9.17) is 4.74 Å². The van der Waals surface area contributed by atoms with Gasteiger partial charge in [-0.05, 0) is 61.6 Å². The number of fused-ring (bicyclic) bond motifs is 4. The molecule has 3 aromatic rings. The van der Waals surface area contributed by atoms with Gasteiger partial charge in [0.25, 0.3) is 0 Å². The first-order valence-corrected chi connectivity index (χ1v) is 11.6. The molecule has 1 aromatic heterocycles. The Labute approximate surface area is 181 Å². The predicted molar refractivity (Wildman–Crippen MR) is 122 cm³/mol. The quantitative estimate of drug-likeness (QED) is 0.599. The van der Waals surface area contributed by atoms with E-state index in [0.29, 0.717) is 18.1 Å². The van der Waals surface area contributed by atoms with Crippen LogP contribution < -0.4 is 15.0 Å². The second kappa shape index (κ2) is 7.33. The summed E-state index contributed by atoms with van der Waals surface area (Å²) in [6, 6.07) is 19.2. The molecular weight excluding hydrogens is 390 g/mol. The number of rotatable bonds is 3. The molecule has 0 spiro atoms. The lowest BCUT2D eigenvalue weighted by atomic mass is 9.96. The molecule has 2 saturated heterocycles. The zero-order chi connectivity index (χ0) is 20.1. The highest BCUT2D eigenvalue weighted by Gasteiger charge is 2.39. The first-order chi connectivity index (χ1) is 14.8. The van der Waals surface area contributed by atoms with Gasteiger partial charge in [0.2, 0.25) is 0 Å². The molecule has 2 fully saturated rings. The molecule has 5 heteroatoms. The Morgan fingerprint density at radius 1 is 1.00 bits per heavy atom. The van der Waals surface area contributed by atoms with Crippen LogP contribution in [0.3, 0.4) is 0 Å². The molecule has 3 aliphatic heterocycles. The summed E-state index contributed by atoms with van der Waals surface area (Å²) in [7, 11) is 1.77. The molecule has 6 rings (SSSR count). The van der Waals surface area contributed by atoms with Gasteiger partial charge < -0.3 is 15.0 Å². The van der Waals surface area contributed by atoms with E-state index in [1.807, 2.05) is 30.2 Å². The van der Waals surface area contributed by atoms with E-state index in [-0.39, 0.29) is 0 Å². The highest BCUT2D eigenvalue weighted by Crippen LogP contribution is 2.54. The summed E-state index contributed by atoms with van der Waals surface area (Å²) in [6.07, 6.45) is 8.77. The number of ether oxygens (including phenoxy) is 1. The number of hydrogen-bond donors (Lipinski definition) is 1. The van der Waals surface area contributed by atoms with Crippen LogP contribution in [-0.4, -0.2) is 30.2 Å². The summed E-state index contributed by atoms with van der Waals surface area (Å²) in [5.41, 5.74) is 4.96. The van der Waals surface area contributed by atoms with Crippen molar-refractivity contribution in [2.45, 2.75) is 53.6 Å². The van der Waals surface area contributed by atoms with Gasteiger partial charge in [0.05, 0.1) is 23.4 Å². The van der Waals surface area contributed by atoms with Crippen molar-refractivity contribution >= 4 is 23.1 Å². The summed E-state index contributed by atoms with van der Waals surface area (Å²) in [6.45, 7) is 0. The summed E-state index contributed by atoms with van der Waals surface area (Å²) in [4.78, 5) is 9.42. The van der Waals surface area contributed by atoms with Gasteiger partial charge in [-0.15, -0.1) is 0 Å². The second-order valence-corrected chi connectivity index (χ2v) is 9.52. The minimum absolute atomic E-state index is 0.512. The van der Waals surface area contributed by atoms with Crippen LogP contribution in [0.4, 0.5) is 11.4 Å². The van der Waals surface area contributed by atoms with Crippen molar-refractivity contribution in [2.24, 2.45) is 0 Å². The van der Waals surface area contributed by atoms with Crippen LogP contribution >= 0.6 is 11.8 Å². The fourth-order valence-electron chi connectivity index (χ4n) is 5.34. The molecule has 1 N–H and O–H groups in total. The number of anilines is 2. The molecule has 2 unspecified atom stereocenters. The van der Waals surface area contributed by atoms with E-state index in [2.05, 4.69) is 57.7 Å². The largest absolute Gasteiger partial charge is 0.495 e. The van der Waals surface area contributed by atoms with Gasteiger partial charge in [-0.3, -0.25) is 4.98 Å². The van der Waals surface area contributed by atoms with Gasteiger partial charge >= 0.3 is 0 Å². The third-order valence-electron chi connectivity index (χ3n) is 6.68. The van der Waals surface area contributed by atoms with Crippen molar-refractivity contribution in [1.29, 1.82) is 0 Å². The Balaban J connectivity index is 1.48. The average Bonchev–Trinajstić information content (AvgIpc) is 3.14. The van der Waals surface area contributed by atoms with Crippen LogP contribution in [0.25, 0.3) is 11.1 Å². The first-order valence-electron chi connectivity index (χ1n) is 10.7. The minimum atomic E-state index is 0.512. The normalized spacial score (nSPS) is 24.3. The van der Waals surface area contributed by atoms with Gasteiger partial charge in [-0.1, -0.05) is 30.0 Å². The Bertz CT molecular complexity index is 1080. The average molecular weight is 416 g/mol. The van der Waals surface area contributed by atoms with Crippen LogP contribution in [0.15, 0.2) is 70.7 Å². The number of pyridine rings is 1. The zero-order valence-electron chi connectivity index (χ0n) is 17.0.